The maximum atomic E-state index is 11.9. The minimum atomic E-state index is -0.734. The van der Waals surface area contributed by atoms with E-state index >= 15 is 0 Å². The van der Waals surface area contributed by atoms with Crippen LogP contribution >= 0.6 is 0 Å². The average molecular weight is 327 g/mol. The smallest absolute Gasteiger partial charge is 0.342 e. The van der Waals surface area contributed by atoms with Gasteiger partial charge in [0.1, 0.15) is 11.3 Å². The SMILES string of the molecule is Cc1ccc([C@H](C)NC(=O)COC(=O)c2ccccc2O)cc1C. The summed E-state index contributed by atoms with van der Waals surface area (Å²) in [7, 11) is 0. The number of ether oxygens (including phenoxy) is 1. The number of hydrogen-bond donors (Lipinski definition) is 2. The molecule has 0 radical (unpaired) electrons. The van der Waals surface area contributed by atoms with Gasteiger partial charge >= 0.3 is 5.97 Å². The molecule has 2 rings (SSSR count). The highest BCUT2D eigenvalue weighted by molar-refractivity contribution is 5.93. The van der Waals surface area contributed by atoms with Gasteiger partial charge in [-0.3, -0.25) is 4.79 Å². The topological polar surface area (TPSA) is 75.6 Å². The second-order valence-corrected chi connectivity index (χ2v) is 5.73. The van der Waals surface area contributed by atoms with E-state index in [4.69, 9.17) is 4.74 Å². The highest BCUT2D eigenvalue weighted by atomic mass is 16.5. The van der Waals surface area contributed by atoms with Crippen molar-refractivity contribution in [2.75, 3.05) is 6.61 Å². The van der Waals surface area contributed by atoms with E-state index in [-0.39, 0.29) is 17.4 Å². The van der Waals surface area contributed by atoms with Crippen molar-refractivity contribution in [1.29, 1.82) is 0 Å². The van der Waals surface area contributed by atoms with E-state index in [1.165, 1.54) is 17.7 Å². The summed E-state index contributed by atoms with van der Waals surface area (Å²) in [6.07, 6.45) is 0. The molecule has 0 saturated carbocycles. The molecule has 2 N–H and O–H groups in total. The number of aryl methyl sites for hydroxylation is 2. The summed E-state index contributed by atoms with van der Waals surface area (Å²) in [5, 5.41) is 12.4. The van der Waals surface area contributed by atoms with Gasteiger partial charge in [-0.25, -0.2) is 4.79 Å². The van der Waals surface area contributed by atoms with Crippen molar-refractivity contribution in [3.8, 4) is 5.75 Å². The molecule has 1 amide bonds. The number of carbonyl (C=O) groups is 2. The van der Waals surface area contributed by atoms with E-state index in [2.05, 4.69) is 5.32 Å². The van der Waals surface area contributed by atoms with Gasteiger partial charge in [0.25, 0.3) is 5.91 Å². The van der Waals surface area contributed by atoms with Crippen LogP contribution in [0.3, 0.4) is 0 Å². The first-order valence-corrected chi connectivity index (χ1v) is 7.70. The fraction of sp³-hybridized carbons (Fsp3) is 0.263. The zero-order valence-corrected chi connectivity index (χ0v) is 14.0. The Morgan fingerprint density at radius 3 is 2.50 bits per heavy atom. The van der Waals surface area contributed by atoms with Gasteiger partial charge in [0.05, 0.1) is 6.04 Å². The number of hydrogen-bond acceptors (Lipinski definition) is 4. The highest BCUT2D eigenvalue weighted by Gasteiger charge is 2.15. The molecule has 0 unspecified atom stereocenters. The zero-order valence-electron chi connectivity index (χ0n) is 14.0. The molecular formula is C19H21NO4. The lowest BCUT2D eigenvalue weighted by Gasteiger charge is -2.16. The molecule has 0 fully saturated rings. The number of aromatic hydroxyl groups is 1. The summed E-state index contributed by atoms with van der Waals surface area (Å²) in [6.45, 7) is 5.51. The zero-order chi connectivity index (χ0) is 17.7. The van der Waals surface area contributed by atoms with Crippen LogP contribution < -0.4 is 5.32 Å². The molecule has 2 aromatic rings. The second-order valence-electron chi connectivity index (χ2n) is 5.73. The number of esters is 1. The van der Waals surface area contributed by atoms with Gasteiger partial charge in [-0.1, -0.05) is 30.3 Å². The Morgan fingerprint density at radius 1 is 1.12 bits per heavy atom. The lowest BCUT2D eigenvalue weighted by Crippen LogP contribution is -2.31. The number of amides is 1. The average Bonchev–Trinajstić information content (AvgIpc) is 2.55. The Hall–Kier alpha value is -2.82. The van der Waals surface area contributed by atoms with Crippen molar-refractivity contribution in [2.24, 2.45) is 0 Å². The fourth-order valence-electron chi connectivity index (χ4n) is 2.26. The third-order valence-electron chi connectivity index (χ3n) is 3.87. The Morgan fingerprint density at radius 2 is 1.83 bits per heavy atom. The van der Waals surface area contributed by atoms with E-state index < -0.39 is 18.5 Å². The van der Waals surface area contributed by atoms with Crippen molar-refractivity contribution in [1.82, 2.24) is 5.32 Å². The standard InChI is InChI=1S/C19H21NO4/c1-12-8-9-15(10-13(12)2)14(3)20-18(22)11-24-19(23)16-6-4-5-7-17(16)21/h4-10,14,21H,11H2,1-3H3,(H,20,22)/t14-/m0/s1. The summed E-state index contributed by atoms with van der Waals surface area (Å²) in [4.78, 5) is 23.8. The molecule has 24 heavy (non-hydrogen) atoms. The van der Waals surface area contributed by atoms with Crippen LogP contribution in [0.15, 0.2) is 42.5 Å². The monoisotopic (exact) mass is 327 g/mol. The number of nitrogens with one attached hydrogen (secondary N) is 1. The lowest BCUT2D eigenvalue weighted by atomic mass is 10.0. The molecule has 5 nitrogen and oxygen atoms in total. The first-order valence-electron chi connectivity index (χ1n) is 7.70. The molecule has 2 aromatic carbocycles. The molecular weight excluding hydrogens is 306 g/mol. The van der Waals surface area contributed by atoms with Crippen molar-refractivity contribution >= 4 is 11.9 Å². The van der Waals surface area contributed by atoms with E-state index in [0.717, 1.165) is 11.1 Å². The van der Waals surface area contributed by atoms with Crippen LogP contribution in [-0.2, 0) is 9.53 Å². The minimum Gasteiger partial charge on any atom is -0.507 e. The molecule has 126 valence electrons. The summed E-state index contributed by atoms with van der Waals surface area (Å²) in [6, 6.07) is 11.8. The highest BCUT2D eigenvalue weighted by Crippen LogP contribution is 2.18. The van der Waals surface area contributed by atoms with Gasteiger partial charge in [-0.05, 0) is 49.6 Å². The van der Waals surface area contributed by atoms with E-state index in [0.29, 0.717) is 0 Å². The van der Waals surface area contributed by atoms with Crippen LogP contribution in [0.4, 0.5) is 0 Å². The molecule has 0 aliphatic rings. The van der Waals surface area contributed by atoms with Gasteiger partial charge in [-0.2, -0.15) is 0 Å². The first kappa shape index (κ1) is 17.5. The Kier molecular flexibility index (Phi) is 5.58. The van der Waals surface area contributed by atoms with Crippen molar-refractivity contribution in [3.05, 3.63) is 64.7 Å². The van der Waals surface area contributed by atoms with Gasteiger partial charge in [0, 0.05) is 0 Å². The summed E-state index contributed by atoms with van der Waals surface area (Å²) in [5.74, 6) is -1.31. The third-order valence-corrected chi connectivity index (χ3v) is 3.87. The molecule has 0 aliphatic carbocycles. The van der Waals surface area contributed by atoms with E-state index in [1.54, 1.807) is 12.1 Å². The van der Waals surface area contributed by atoms with Crippen LogP contribution in [0.25, 0.3) is 0 Å². The van der Waals surface area contributed by atoms with E-state index in [9.17, 15) is 14.7 Å². The van der Waals surface area contributed by atoms with Crippen LogP contribution in [0.2, 0.25) is 0 Å². The van der Waals surface area contributed by atoms with Gasteiger partial charge in [0.2, 0.25) is 0 Å². The number of para-hydroxylation sites is 1. The van der Waals surface area contributed by atoms with Crippen molar-refractivity contribution in [2.45, 2.75) is 26.8 Å². The molecule has 0 spiro atoms. The van der Waals surface area contributed by atoms with Crippen LogP contribution in [0.5, 0.6) is 5.75 Å². The Labute approximate surface area is 141 Å². The van der Waals surface area contributed by atoms with Crippen LogP contribution in [0, 0.1) is 13.8 Å². The number of carbonyl (C=O) groups excluding carboxylic acids is 2. The van der Waals surface area contributed by atoms with E-state index in [1.807, 2.05) is 39.0 Å². The lowest BCUT2D eigenvalue weighted by molar-refractivity contribution is -0.124. The molecule has 0 aromatic heterocycles. The second kappa shape index (κ2) is 7.64. The molecule has 0 bridgehead atoms. The minimum absolute atomic E-state index is 0.0347. The number of rotatable bonds is 5. The van der Waals surface area contributed by atoms with Gasteiger partial charge in [-0.15, -0.1) is 0 Å². The van der Waals surface area contributed by atoms with Crippen LogP contribution in [0.1, 0.15) is 40.0 Å². The van der Waals surface area contributed by atoms with Crippen molar-refractivity contribution < 1.29 is 19.4 Å². The Balaban J connectivity index is 1.90. The summed E-state index contributed by atoms with van der Waals surface area (Å²) >= 11 is 0. The van der Waals surface area contributed by atoms with Crippen LogP contribution in [-0.4, -0.2) is 23.6 Å². The molecule has 5 heteroatoms. The van der Waals surface area contributed by atoms with Gasteiger partial charge in [0.15, 0.2) is 6.61 Å². The van der Waals surface area contributed by atoms with Gasteiger partial charge < -0.3 is 15.2 Å². The predicted octanol–water partition coefficient (Wildman–Crippen LogP) is 3.04. The number of phenolic OH excluding ortho intramolecular Hbond substituents is 1. The first-order chi connectivity index (χ1) is 11.4. The quantitative estimate of drug-likeness (QED) is 0.828. The number of phenols is 1. The molecule has 0 aliphatic heterocycles. The maximum absolute atomic E-state index is 11.9. The number of benzene rings is 2. The summed E-state index contributed by atoms with van der Waals surface area (Å²) in [5.41, 5.74) is 3.36. The molecule has 0 saturated heterocycles. The predicted molar refractivity (Wildman–Crippen MR) is 90.9 cm³/mol. The molecule has 0 heterocycles. The molecule has 1 atom stereocenters. The Bertz CT molecular complexity index is 755. The normalized spacial score (nSPS) is 11.6. The third kappa shape index (κ3) is 4.35. The fourth-order valence-corrected chi connectivity index (χ4v) is 2.26. The summed E-state index contributed by atoms with van der Waals surface area (Å²) < 4.78 is 4.94. The maximum Gasteiger partial charge on any atom is 0.342 e. The largest absolute Gasteiger partial charge is 0.507 e. The van der Waals surface area contributed by atoms with Crippen molar-refractivity contribution in [3.63, 3.8) is 0 Å².